The maximum absolute atomic E-state index is 12.2. The molecule has 0 unspecified atom stereocenters. The number of carbonyl (C=O) groups is 4. The Morgan fingerprint density at radius 2 is 1.32 bits per heavy atom. The van der Waals surface area contributed by atoms with Gasteiger partial charge in [-0.15, -0.1) is 11.8 Å². The van der Waals surface area contributed by atoms with Crippen molar-refractivity contribution in [2.75, 3.05) is 6.61 Å². The zero-order valence-corrected chi connectivity index (χ0v) is 24.4. The molecule has 0 aliphatic carbocycles. The second-order valence-corrected chi connectivity index (χ2v) is 11.0. The third-order valence-corrected chi connectivity index (χ3v) is 7.62. The monoisotopic (exact) mass is 572 g/mol. The molecule has 5 atom stereocenters. The van der Waals surface area contributed by atoms with E-state index in [1.54, 1.807) is 0 Å². The summed E-state index contributed by atoms with van der Waals surface area (Å²) in [5.41, 5.74) is 3.41. The highest BCUT2D eigenvalue weighted by molar-refractivity contribution is 8.00. The highest BCUT2D eigenvalue weighted by Gasteiger charge is 2.53. The van der Waals surface area contributed by atoms with Crippen LogP contribution in [0.2, 0.25) is 0 Å². The molecule has 0 radical (unpaired) electrons. The number of esters is 4. The number of aryl methyl sites for hydroxylation is 2. The average Bonchev–Trinajstić information content (AvgIpc) is 2.87. The average molecular weight is 573 g/mol. The van der Waals surface area contributed by atoms with Crippen molar-refractivity contribution in [2.45, 2.75) is 83.4 Å². The van der Waals surface area contributed by atoms with Gasteiger partial charge in [-0.25, -0.2) is 0 Å². The van der Waals surface area contributed by atoms with E-state index in [0.29, 0.717) is 12.2 Å². The van der Waals surface area contributed by atoms with Crippen LogP contribution in [0.15, 0.2) is 42.5 Å². The van der Waals surface area contributed by atoms with Gasteiger partial charge in [0.1, 0.15) is 12.4 Å². The van der Waals surface area contributed by atoms with Crippen LogP contribution in [0.4, 0.5) is 0 Å². The lowest BCUT2D eigenvalue weighted by atomic mass is 10.0. The van der Waals surface area contributed by atoms with Crippen molar-refractivity contribution in [1.82, 2.24) is 0 Å². The lowest BCUT2D eigenvalue weighted by Crippen LogP contribution is -2.59. The summed E-state index contributed by atoms with van der Waals surface area (Å²) < 4.78 is 28.4. The Bertz CT molecular complexity index is 1210. The van der Waals surface area contributed by atoms with E-state index in [1.165, 1.54) is 45.0 Å². The SMILES string of the molecule is CCc1ccc(Cc2cc(C)ccc2O[C@H]2S[C@@H](COC(C)=O)[C@@H](OC(C)=O)[C@H](OC(C)=O)[C@H]2OC(C)=O)cc1. The van der Waals surface area contributed by atoms with Crippen molar-refractivity contribution in [1.29, 1.82) is 0 Å². The van der Waals surface area contributed by atoms with Gasteiger partial charge in [0.2, 0.25) is 0 Å². The van der Waals surface area contributed by atoms with Crippen LogP contribution in [0.1, 0.15) is 56.9 Å². The zero-order chi connectivity index (χ0) is 29.4. The molecule has 0 saturated carbocycles. The van der Waals surface area contributed by atoms with E-state index in [1.807, 2.05) is 25.1 Å². The molecule has 0 amide bonds. The van der Waals surface area contributed by atoms with E-state index in [4.69, 9.17) is 23.7 Å². The lowest BCUT2D eigenvalue weighted by molar-refractivity contribution is -0.190. The molecule has 0 bridgehead atoms. The third kappa shape index (κ3) is 8.74. The first-order valence-electron chi connectivity index (χ1n) is 13.1. The van der Waals surface area contributed by atoms with Gasteiger partial charge in [0.15, 0.2) is 23.7 Å². The summed E-state index contributed by atoms with van der Waals surface area (Å²) >= 11 is 1.18. The summed E-state index contributed by atoms with van der Waals surface area (Å²) in [5.74, 6) is -1.90. The summed E-state index contributed by atoms with van der Waals surface area (Å²) in [6.07, 6.45) is -1.85. The molecule has 1 saturated heterocycles. The molecule has 0 spiro atoms. The van der Waals surface area contributed by atoms with Crippen molar-refractivity contribution in [3.05, 3.63) is 64.7 Å². The molecule has 0 N–H and O–H groups in total. The number of hydrogen-bond donors (Lipinski definition) is 0. The summed E-state index contributed by atoms with van der Waals surface area (Å²) in [6, 6.07) is 14.1. The molecule has 10 heteroatoms. The van der Waals surface area contributed by atoms with Crippen molar-refractivity contribution in [2.24, 2.45) is 0 Å². The standard InChI is InChI=1S/C30H36O9S/c1-7-22-9-11-23(12-10-22)15-24-14-17(2)8-13-25(24)39-30-29(38-21(6)34)28(37-20(5)33)27(36-19(4)32)26(40-30)16-35-18(3)31/h8-14,26-30H,7,15-16H2,1-6H3/t26-,27+,28-,29+,30-/m0/s1. The number of thioether (sulfide) groups is 1. The fourth-order valence-corrected chi connectivity index (χ4v) is 5.86. The molecular formula is C30H36O9S. The topological polar surface area (TPSA) is 114 Å². The summed E-state index contributed by atoms with van der Waals surface area (Å²) in [4.78, 5) is 47.9. The maximum Gasteiger partial charge on any atom is 0.303 e. The maximum atomic E-state index is 12.2. The van der Waals surface area contributed by atoms with E-state index < -0.39 is 52.9 Å². The van der Waals surface area contributed by atoms with Gasteiger partial charge in [-0.2, -0.15) is 0 Å². The van der Waals surface area contributed by atoms with E-state index in [2.05, 4.69) is 31.2 Å². The minimum Gasteiger partial charge on any atom is -0.475 e. The van der Waals surface area contributed by atoms with Crippen LogP contribution in [0.5, 0.6) is 5.75 Å². The number of benzene rings is 2. The first-order chi connectivity index (χ1) is 19.0. The Kier molecular flexibility index (Phi) is 11.0. The first kappa shape index (κ1) is 31.0. The number of carbonyl (C=O) groups excluding carboxylic acids is 4. The zero-order valence-electron chi connectivity index (χ0n) is 23.6. The largest absolute Gasteiger partial charge is 0.475 e. The van der Waals surface area contributed by atoms with Crippen LogP contribution in [0, 0.1) is 6.92 Å². The Labute approximate surface area is 238 Å². The Hall–Kier alpha value is -3.53. The third-order valence-electron chi connectivity index (χ3n) is 6.23. The van der Waals surface area contributed by atoms with E-state index in [0.717, 1.165) is 23.1 Å². The van der Waals surface area contributed by atoms with Gasteiger partial charge in [-0.05, 0) is 36.1 Å². The van der Waals surface area contributed by atoms with Crippen LogP contribution in [-0.4, -0.2) is 59.5 Å². The molecule has 216 valence electrons. The normalized spacial score (nSPS) is 22.1. The van der Waals surface area contributed by atoms with E-state index in [9.17, 15) is 19.2 Å². The highest BCUT2D eigenvalue weighted by Crippen LogP contribution is 2.40. The molecule has 9 nitrogen and oxygen atoms in total. The fraction of sp³-hybridized carbons (Fsp3) is 0.467. The molecule has 3 rings (SSSR count). The van der Waals surface area contributed by atoms with Crippen molar-refractivity contribution >= 4 is 35.6 Å². The quantitative estimate of drug-likeness (QED) is 0.301. The van der Waals surface area contributed by atoms with E-state index in [-0.39, 0.29) is 6.61 Å². The number of hydrogen-bond acceptors (Lipinski definition) is 10. The van der Waals surface area contributed by atoms with Gasteiger partial charge < -0.3 is 23.7 Å². The lowest BCUT2D eigenvalue weighted by Gasteiger charge is -2.43. The van der Waals surface area contributed by atoms with Gasteiger partial charge in [-0.3, -0.25) is 19.2 Å². The molecular weight excluding hydrogens is 536 g/mol. The minimum atomic E-state index is -1.20. The number of ether oxygens (including phenoxy) is 5. The van der Waals surface area contributed by atoms with Crippen LogP contribution >= 0.6 is 11.8 Å². The van der Waals surface area contributed by atoms with Gasteiger partial charge in [0.05, 0.1) is 5.25 Å². The summed E-state index contributed by atoms with van der Waals surface area (Å²) in [6.45, 7) is 8.86. The minimum absolute atomic E-state index is 0.146. The Morgan fingerprint density at radius 3 is 1.90 bits per heavy atom. The van der Waals surface area contributed by atoms with Crippen molar-refractivity contribution in [3.8, 4) is 5.75 Å². The van der Waals surface area contributed by atoms with Gasteiger partial charge in [0, 0.05) is 34.1 Å². The smallest absolute Gasteiger partial charge is 0.303 e. The predicted octanol–water partition coefficient (Wildman–Crippen LogP) is 4.33. The molecule has 1 fully saturated rings. The molecule has 1 heterocycles. The summed E-state index contributed by atoms with van der Waals surface area (Å²) in [5, 5.41) is -0.676. The highest BCUT2D eigenvalue weighted by atomic mass is 32.2. The molecule has 1 aliphatic rings. The second kappa shape index (κ2) is 14.2. The molecule has 2 aromatic rings. The molecule has 1 aliphatic heterocycles. The summed E-state index contributed by atoms with van der Waals surface area (Å²) in [7, 11) is 0. The van der Waals surface area contributed by atoms with E-state index >= 15 is 0 Å². The first-order valence-corrected chi connectivity index (χ1v) is 14.1. The van der Waals surface area contributed by atoms with Crippen molar-refractivity contribution < 1.29 is 42.9 Å². The predicted molar refractivity (Wildman–Crippen MR) is 149 cm³/mol. The van der Waals surface area contributed by atoms with Gasteiger partial charge in [0.25, 0.3) is 0 Å². The van der Waals surface area contributed by atoms with Gasteiger partial charge in [-0.1, -0.05) is 48.9 Å². The second-order valence-electron chi connectivity index (χ2n) is 9.64. The Balaban J connectivity index is 2.01. The van der Waals surface area contributed by atoms with Crippen LogP contribution in [-0.2, 0) is 51.0 Å². The van der Waals surface area contributed by atoms with Crippen LogP contribution < -0.4 is 4.74 Å². The number of rotatable bonds is 10. The Morgan fingerprint density at radius 1 is 0.750 bits per heavy atom. The molecule has 40 heavy (non-hydrogen) atoms. The van der Waals surface area contributed by atoms with Crippen LogP contribution in [0.25, 0.3) is 0 Å². The van der Waals surface area contributed by atoms with Gasteiger partial charge >= 0.3 is 23.9 Å². The molecule has 2 aromatic carbocycles. The molecule has 0 aromatic heterocycles. The fourth-order valence-electron chi connectivity index (χ4n) is 4.48. The van der Waals surface area contributed by atoms with Crippen LogP contribution in [0.3, 0.4) is 0 Å². The van der Waals surface area contributed by atoms with Crippen molar-refractivity contribution in [3.63, 3.8) is 0 Å².